The van der Waals surface area contributed by atoms with Crippen LogP contribution in [0.2, 0.25) is 0 Å². The van der Waals surface area contributed by atoms with Gasteiger partial charge in [0.05, 0.1) is 13.1 Å². The second-order valence-electron chi connectivity index (χ2n) is 7.25. The SMILES string of the molecule is CC1C(C)N(CC(=O)Nc2ccccc2)CCN1CC(=O)Nc1ccccc1. The number of piperazine rings is 1. The van der Waals surface area contributed by atoms with Crippen molar-refractivity contribution in [2.45, 2.75) is 25.9 Å². The molecule has 0 spiro atoms. The van der Waals surface area contributed by atoms with E-state index < -0.39 is 0 Å². The van der Waals surface area contributed by atoms with Crippen molar-refractivity contribution in [3.05, 3.63) is 60.7 Å². The lowest BCUT2D eigenvalue weighted by Gasteiger charge is -2.44. The molecular formula is C22H28N4O2. The number of amides is 2. The van der Waals surface area contributed by atoms with Crippen LogP contribution in [0.5, 0.6) is 0 Å². The molecule has 0 bridgehead atoms. The highest BCUT2D eigenvalue weighted by Crippen LogP contribution is 2.17. The number of anilines is 2. The molecule has 2 N–H and O–H groups in total. The van der Waals surface area contributed by atoms with Gasteiger partial charge in [-0.3, -0.25) is 19.4 Å². The van der Waals surface area contributed by atoms with E-state index in [-0.39, 0.29) is 23.9 Å². The van der Waals surface area contributed by atoms with Gasteiger partial charge in [-0.05, 0) is 38.1 Å². The number of nitrogens with one attached hydrogen (secondary N) is 2. The number of hydrogen-bond donors (Lipinski definition) is 2. The highest BCUT2D eigenvalue weighted by Gasteiger charge is 2.32. The fraction of sp³-hybridized carbons (Fsp3) is 0.364. The minimum atomic E-state index is -0.0134. The fourth-order valence-electron chi connectivity index (χ4n) is 3.53. The fourth-order valence-corrected chi connectivity index (χ4v) is 3.53. The monoisotopic (exact) mass is 380 g/mol. The van der Waals surface area contributed by atoms with E-state index in [0.29, 0.717) is 13.1 Å². The average Bonchev–Trinajstić information content (AvgIpc) is 2.69. The first-order valence-corrected chi connectivity index (χ1v) is 9.71. The molecular weight excluding hydrogens is 352 g/mol. The quantitative estimate of drug-likeness (QED) is 0.809. The molecule has 2 aromatic rings. The number of para-hydroxylation sites is 2. The van der Waals surface area contributed by atoms with E-state index in [2.05, 4.69) is 34.3 Å². The van der Waals surface area contributed by atoms with E-state index in [0.717, 1.165) is 24.5 Å². The van der Waals surface area contributed by atoms with Crippen LogP contribution in [0.1, 0.15) is 13.8 Å². The molecule has 0 saturated carbocycles. The molecule has 3 rings (SSSR count). The highest BCUT2D eigenvalue weighted by molar-refractivity contribution is 5.92. The number of rotatable bonds is 6. The van der Waals surface area contributed by atoms with E-state index in [1.807, 2.05) is 60.7 Å². The van der Waals surface area contributed by atoms with Crippen molar-refractivity contribution >= 4 is 23.2 Å². The van der Waals surface area contributed by atoms with Gasteiger partial charge in [0.1, 0.15) is 0 Å². The van der Waals surface area contributed by atoms with E-state index in [9.17, 15) is 9.59 Å². The van der Waals surface area contributed by atoms with Gasteiger partial charge in [0.2, 0.25) is 11.8 Å². The van der Waals surface area contributed by atoms with Crippen molar-refractivity contribution in [3.8, 4) is 0 Å². The Bertz CT molecular complexity index is 714. The van der Waals surface area contributed by atoms with Gasteiger partial charge in [0.15, 0.2) is 0 Å². The molecule has 1 saturated heterocycles. The lowest BCUT2D eigenvalue weighted by Crippen LogP contribution is -2.59. The molecule has 1 aliphatic heterocycles. The van der Waals surface area contributed by atoms with Crippen molar-refractivity contribution in [1.82, 2.24) is 9.80 Å². The third-order valence-electron chi connectivity index (χ3n) is 5.33. The second kappa shape index (κ2) is 9.48. The number of hydrogen-bond acceptors (Lipinski definition) is 4. The van der Waals surface area contributed by atoms with E-state index >= 15 is 0 Å². The Balaban J connectivity index is 1.49. The van der Waals surface area contributed by atoms with Gasteiger partial charge >= 0.3 is 0 Å². The van der Waals surface area contributed by atoms with Crippen LogP contribution >= 0.6 is 0 Å². The molecule has 2 atom stereocenters. The van der Waals surface area contributed by atoms with Gasteiger partial charge in [-0.2, -0.15) is 0 Å². The van der Waals surface area contributed by atoms with Gasteiger partial charge < -0.3 is 10.6 Å². The maximum atomic E-state index is 12.4. The molecule has 2 amide bonds. The van der Waals surface area contributed by atoms with Crippen molar-refractivity contribution in [2.24, 2.45) is 0 Å². The third kappa shape index (κ3) is 5.41. The summed E-state index contributed by atoms with van der Waals surface area (Å²) in [5, 5.41) is 5.87. The zero-order valence-electron chi connectivity index (χ0n) is 16.5. The summed E-state index contributed by atoms with van der Waals surface area (Å²) in [5.41, 5.74) is 1.62. The van der Waals surface area contributed by atoms with Crippen LogP contribution < -0.4 is 10.6 Å². The van der Waals surface area contributed by atoms with Gasteiger partial charge in [0, 0.05) is 36.5 Å². The molecule has 0 aliphatic carbocycles. The Morgan fingerprint density at radius 3 is 1.46 bits per heavy atom. The van der Waals surface area contributed by atoms with Crippen molar-refractivity contribution < 1.29 is 9.59 Å². The summed E-state index contributed by atoms with van der Waals surface area (Å²) in [7, 11) is 0. The average molecular weight is 380 g/mol. The molecule has 1 heterocycles. The standard InChI is InChI=1S/C22H28N4O2/c1-17-18(2)26(16-22(28)24-20-11-7-4-8-12-20)14-13-25(17)15-21(27)23-19-9-5-3-6-10-19/h3-12,17-18H,13-16H2,1-2H3,(H,23,27)(H,24,28). The zero-order valence-corrected chi connectivity index (χ0v) is 16.5. The first-order valence-electron chi connectivity index (χ1n) is 9.71. The minimum Gasteiger partial charge on any atom is -0.325 e. The van der Waals surface area contributed by atoms with Gasteiger partial charge in [-0.1, -0.05) is 36.4 Å². The molecule has 6 heteroatoms. The van der Waals surface area contributed by atoms with Crippen molar-refractivity contribution in [2.75, 3.05) is 36.8 Å². The Labute approximate surface area is 166 Å². The molecule has 2 aromatic carbocycles. The first kappa shape index (κ1) is 20.0. The second-order valence-corrected chi connectivity index (χ2v) is 7.25. The summed E-state index contributed by atoms with van der Waals surface area (Å²) < 4.78 is 0. The summed E-state index contributed by atoms with van der Waals surface area (Å²) in [5.74, 6) is -0.0268. The Kier molecular flexibility index (Phi) is 6.79. The molecule has 0 radical (unpaired) electrons. The summed E-state index contributed by atoms with van der Waals surface area (Å²) in [6.45, 7) is 6.44. The lowest BCUT2D eigenvalue weighted by molar-refractivity contribution is -0.122. The topological polar surface area (TPSA) is 64.7 Å². The normalized spacial score (nSPS) is 20.5. The van der Waals surface area contributed by atoms with E-state index in [1.54, 1.807) is 0 Å². The number of carbonyl (C=O) groups is 2. The van der Waals surface area contributed by atoms with Gasteiger partial charge in [0.25, 0.3) is 0 Å². The highest BCUT2D eigenvalue weighted by atomic mass is 16.2. The maximum Gasteiger partial charge on any atom is 0.238 e. The van der Waals surface area contributed by atoms with Crippen LogP contribution in [0, 0.1) is 0 Å². The zero-order chi connectivity index (χ0) is 19.9. The van der Waals surface area contributed by atoms with Crippen LogP contribution in [-0.4, -0.2) is 59.9 Å². The van der Waals surface area contributed by atoms with Gasteiger partial charge in [-0.15, -0.1) is 0 Å². The molecule has 6 nitrogen and oxygen atoms in total. The molecule has 2 unspecified atom stereocenters. The predicted octanol–water partition coefficient (Wildman–Crippen LogP) is 2.66. The molecule has 0 aromatic heterocycles. The Morgan fingerprint density at radius 2 is 1.11 bits per heavy atom. The van der Waals surface area contributed by atoms with Crippen LogP contribution in [0.3, 0.4) is 0 Å². The summed E-state index contributed by atoms with van der Waals surface area (Å²) in [6, 6.07) is 19.3. The van der Waals surface area contributed by atoms with Crippen LogP contribution in [0.15, 0.2) is 60.7 Å². The largest absolute Gasteiger partial charge is 0.325 e. The van der Waals surface area contributed by atoms with E-state index in [1.165, 1.54) is 0 Å². The lowest BCUT2D eigenvalue weighted by atomic mass is 10.0. The van der Waals surface area contributed by atoms with Crippen LogP contribution in [0.25, 0.3) is 0 Å². The number of carbonyl (C=O) groups excluding carboxylic acids is 2. The molecule has 28 heavy (non-hydrogen) atoms. The third-order valence-corrected chi connectivity index (χ3v) is 5.33. The first-order chi connectivity index (χ1) is 13.5. The smallest absolute Gasteiger partial charge is 0.238 e. The molecule has 148 valence electrons. The number of benzene rings is 2. The Morgan fingerprint density at radius 1 is 0.750 bits per heavy atom. The summed E-state index contributed by atoms with van der Waals surface area (Å²) in [4.78, 5) is 29.1. The summed E-state index contributed by atoms with van der Waals surface area (Å²) >= 11 is 0. The molecule has 1 aliphatic rings. The van der Waals surface area contributed by atoms with Crippen LogP contribution in [-0.2, 0) is 9.59 Å². The van der Waals surface area contributed by atoms with Crippen molar-refractivity contribution in [1.29, 1.82) is 0 Å². The number of nitrogens with zero attached hydrogens (tertiary/aromatic N) is 2. The van der Waals surface area contributed by atoms with Crippen molar-refractivity contribution in [3.63, 3.8) is 0 Å². The van der Waals surface area contributed by atoms with Crippen LogP contribution in [0.4, 0.5) is 11.4 Å². The maximum absolute atomic E-state index is 12.4. The summed E-state index contributed by atoms with van der Waals surface area (Å²) in [6.07, 6.45) is 0. The van der Waals surface area contributed by atoms with E-state index in [4.69, 9.17) is 0 Å². The van der Waals surface area contributed by atoms with Gasteiger partial charge in [-0.25, -0.2) is 0 Å². The Hall–Kier alpha value is -2.70. The predicted molar refractivity (Wildman–Crippen MR) is 112 cm³/mol. The molecule has 1 fully saturated rings. The minimum absolute atomic E-state index is 0.0134.